The largest absolute Gasteiger partial charge is 0.381 e. The van der Waals surface area contributed by atoms with Gasteiger partial charge in [-0.25, -0.2) is 4.68 Å². The van der Waals surface area contributed by atoms with Crippen molar-refractivity contribution in [3.05, 3.63) is 24.5 Å². The summed E-state index contributed by atoms with van der Waals surface area (Å²) in [5, 5.41) is 12.3. The van der Waals surface area contributed by atoms with Gasteiger partial charge in [-0.1, -0.05) is 6.42 Å². The quantitative estimate of drug-likeness (QED) is 0.870. The van der Waals surface area contributed by atoms with Gasteiger partial charge < -0.3 is 4.74 Å². The summed E-state index contributed by atoms with van der Waals surface area (Å²) in [6.45, 7) is 2.72. The van der Waals surface area contributed by atoms with E-state index >= 15 is 0 Å². The highest BCUT2D eigenvalue weighted by molar-refractivity contribution is 5.52. The molecule has 3 heterocycles. The molecule has 0 N–H and O–H groups in total. The molecule has 6 heteroatoms. The van der Waals surface area contributed by atoms with E-state index in [4.69, 9.17) is 4.74 Å². The third-order valence-corrected chi connectivity index (χ3v) is 5.45. The fraction of sp³-hybridized carbons (Fsp3) is 0.625. The number of tetrazole rings is 1. The van der Waals surface area contributed by atoms with Gasteiger partial charge in [-0.2, -0.15) is 0 Å². The van der Waals surface area contributed by atoms with Gasteiger partial charge in [-0.05, 0) is 59.6 Å². The summed E-state index contributed by atoms with van der Waals surface area (Å²) >= 11 is 0. The number of rotatable bonds is 3. The van der Waals surface area contributed by atoms with E-state index in [1.807, 2.05) is 16.8 Å². The molecule has 2 fully saturated rings. The van der Waals surface area contributed by atoms with Gasteiger partial charge >= 0.3 is 0 Å². The third-order valence-electron chi connectivity index (χ3n) is 5.45. The molecule has 1 atom stereocenters. The number of hydrogen-bond donors (Lipinski definition) is 0. The number of nitrogens with zero attached hydrogens (tertiary/aromatic N) is 5. The zero-order valence-electron chi connectivity index (χ0n) is 12.7. The second kappa shape index (κ2) is 5.76. The Balaban J connectivity index is 1.58. The van der Waals surface area contributed by atoms with Crippen LogP contribution in [0.2, 0.25) is 0 Å². The Kier molecular flexibility index (Phi) is 3.62. The number of ether oxygens (including phenoxy) is 1. The molecule has 2 aromatic rings. The monoisotopic (exact) mass is 299 g/mol. The molecule has 1 saturated carbocycles. The minimum atomic E-state index is 0.444. The normalized spacial score (nSPS) is 23.9. The van der Waals surface area contributed by atoms with E-state index in [0.717, 1.165) is 31.1 Å². The third kappa shape index (κ3) is 2.41. The van der Waals surface area contributed by atoms with E-state index in [1.165, 1.54) is 32.1 Å². The lowest BCUT2D eigenvalue weighted by molar-refractivity contribution is -0.0103. The van der Waals surface area contributed by atoms with Gasteiger partial charge in [0.15, 0.2) is 5.82 Å². The average molecular weight is 299 g/mol. The molecule has 1 saturated heterocycles. The molecule has 116 valence electrons. The van der Waals surface area contributed by atoms with E-state index < -0.39 is 0 Å². The fourth-order valence-corrected chi connectivity index (χ4v) is 4.18. The lowest BCUT2D eigenvalue weighted by Gasteiger charge is -2.39. The smallest absolute Gasteiger partial charge is 0.182 e. The van der Waals surface area contributed by atoms with Gasteiger partial charge in [0.25, 0.3) is 0 Å². The second-order valence-corrected chi connectivity index (χ2v) is 6.48. The first kappa shape index (κ1) is 13.8. The summed E-state index contributed by atoms with van der Waals surface area (Å²) < 4.78 is 7.55. The summed E-state index contributed by atoms with van der Waals surface area (Å²) in [5.41, 5.74) is 1.47. The highest BCUT2D eigenvalue weighted by atomic mass is 16.5. The lowest BCUT2D eigenvalue weighted by atomic mass is 9.72. The molecule has 22 heavy (non-hydrogen) atoms. The Morgan fingerprint density at radius 2 is 2.00 bits per heavy atom. The molecular weight excluding hydrogens is 278 g/mol. The number of aromatic nitrogens is 5. The summed E-state index contributed by atoms with van der Waals surface area (Å²) in [6.07, 6.45) is 9.85. The van der Waals surface area contributed by atoms with Crippen LogP contribution in [0.4, 0.5) is 0 Å². The van der Waals surface area contributed by atoms with Crippen LogP contribution in [0.15, 0.2) is 24.5 Å². The van der Waals surface area contributed by atoms with Crippen LogP contribution in [-0.2, 0) is 11.3 Å². The first-order chi connectivity index (χ1) is 10.9. The lowest BCUT2D eigenvalue weighted by Crippen LogP contribution is -2.35. The van der Waals surface area contributed by atoms with Gasteiger partial charge in [0.1, 0.15) is 0 Å². The Bertz CT molecular complexity index is 620. The number of pyridine rings is 1. The van der Waals surface area contributed by atoms with E-state index in [9.17, 15) is 0 Å². The second-order valence-electron chi connectivity index (χ2n) is 6.48. The van der Waals surface area contributed by atoms with Crippen LogP contribution in [0, 0.1) is 11.3 Å². The van der Waals surface area contributed by atoms with Crippen molar-refractivity contribution >= 4 is 0 Å². The molecule has 1 unspecified atom stereocenters. The Hall–Kier alpha value is -1.82. The summed E-state index contributed by atoms with van der Waals surface area (Å²) in [5.74, 6) is 1.50. The SMILES string of the molecule is c1cc(-c2nnnn2CC2CCCC23CCOCC3)ccn1. The van der Waals surface area contributed by atoms with Crippen LogP contribution in [-0.4, -0.2) is 38.4 Å². The molecule has 2 aromatic heterocycles. The molecule has 1 aliphatic heterocycles. The Labute approximate surface area is 129 Å². The van der Waals surface area contributed by atoms with Crippen LogP contribution in [0.3, 0.4) is 0 Å². The molecule has 1 aliphatic carbocycles. The fourth-order valence-electron chi connectivity index (χ4n) is 4.18. The Morgan fingerprint density at radius 1 is 1.18 bits per heavy atom. The molecule has 0 amide bonds. The molecular formula is C16H21N5O. The minimum Gasteiger partial charge on any atom is -0.381 e. The van der Waals surface area contributed by atoms with Crippen LogP contribution in [0.5, 0.6) is 0 Å². The molecule has 6 nitrogen and oxygen atoms in total. The molecule has 0 bridgehead atoms. The van der Waals surface area contributed by atoms with E-state index in [0.29, 0.717) is 11.3 Å². The maximum atomic E-state index is 5.58. The van der Waals surface area contributed by atoms with Crippen LogP contribution in [0.25, 0.3) is 11.4 Å². The zero-order chi connectivity index (χ0) is 14.8. The Morgan fingerprint density at radius 3 is 2.82 bits per heavy atom. The van der Waals surface area contributed by atoms with Crippen molar-refractivity contribution in [3.8, 4) is 11.4 Å². The minimum absolute atomic E-state index is 0.444. The van der Waals surface area contributed by atoms with Gasteiger partial charge in [-0.15, -0.1) is 5.10 Å². The maximum absolute atomic E-state index is 5.58. The van der Waals surface area contributed by atoms with Crippen molar-refractivity contribution in [2.45, 2.75) is 38.6 Å². The van der Waals surface area contributed by atoms with E-state index in [2.05, 4.69) is 20.5 Å². The molecule has 1 spiro atoms. The highest BCUT2D eigenvalue weighted by Crippen LogP contribution is 2.50. The van der Waals surface area contributed by atoms with Gasteiger partial charge in [-0.3, -0.25) is 4.98 Å². The van der Waals surface area contributed by atoms with Crippen LogP contribution in [0.1, 0.15) is 32.1 Å². The molecule has 4 rings (SSSR count). The maximum Gasteiger partial charge on any atom is 0.182 e. The molecule has 0 aromatic carbocycles. The van der Waals surface area contributed by atoms with E-state index in [1.54, 1.807) is 12.4 Å². The summed E-state index contributed by atoms with van der Waals surface area (Å²) in [6, 6.07) is 3.92. The topological polar surface area (TPSA) is 65.7 Å². The van der Waals surface area contributed by atoms with Crippen molar-refractivity contribution in [3.63, 3.8) is 0 Å². The first-order valence-electron chi connectivity index (χ1n) is 8.12. The van der Waals surface area contributed by atoms with Crippen molar-refractivity contribution in [1.29, 1.82) is 0 Å². The zero-order valence-corrected chi connectivity index (χ0v) is 12.7. The van der Waals surface area contributed by atoms with E-state index in [-0.39, 0.29) is 0 Å². The molecule has 2 aliphatic rings. The van der Waals surface area contributed by atoms with Crippen LogP contribution < -0.4 is 0 Å². The predicted octanol–water partition coefficient (Wildman–Crippen LogP) is 2.33. The number of hydrogen-bond acceptors (Lipinski definition) is 5. The molecule has 0 radical (unpaired) electrons. The first-order valence-corrected chi connectivity index (χ1v) is 8.12. The summed E-state index contributed by atoms with van der Waals surface area (Å²) in [7, 11) is 0. The van der Waals surface area contributed by atoms with Crippen molar-refractivity contribution < 1.29 is 4.74 Å². The average Bonchev–Trinajstić information content (AvgIpc) is 3.18. The van der Waals surface area contributed by atoms with Crippen LogP contribution >= 0.6 is 0 Å². The van der Waals surface area contributed by atoms with Gasteiger partial charge in [0, 0.05) is 37.7 Å². The predicted molar refractivity (Wildman–Crippen MR) is 80.9 cm³/mol. The highest BCUT2D eigenvalue weighted by Gasteiger charge is 2.44. The standard InChI is InChI=1S/C16H21N5O/c1-2-14(16(5-1)6-10-22-11-7-16)12-21-15(18-19-20-21)13-3-8-17-9-4-13/h3-4,8-9,14H,1-2,5-7,10-12H2. The van der Waals surface area contributed by atoms with Gasteiger partial charge in [0.2, 0.25) is 0 Å². The summed E-state index contributed by atoms with van der Waals surface area (Å²) in [4.78, 5) is 4.06. The van der Waals surface area contributed by atoms with Gasteiger partial charge in [0.05, 0.1) is 0 Å². The van der Waals surface area contributed by atoms with Crippen molar-refractivity contribution in [2.75, 3.05) is 13.2 Å². The van der Waals surface area contributed by atoms with Crippen molar-refractivity contribution in [1.82, 2.24) is 25.2 Å². The van der Waals surface area contributed by atoms with Crippen molar-refractivity contribution in [2.24, 2.45) is 11.3 Å².